The number of benzene rings is 1. The van der Waals surface area contributed by atoms with Crippen LogP contribution in [0.4, 0.5) is 5.69 Å². The highest BCUT2D eigenvalue weighted by atomic mass is 32.2. The van der Waals surface area contributed by atoms with Crippen molar-refractivity contribution >= 4 is 32.6 Å². The summed E-state index contributed by atoms with van der Waals surface area (Å²) in [7, 11) is -1.24. The molecule has 0 spiro atoms. The molecule has 0 amide bonds. The third-order valence-electron chi connectivity index (χ3n) is 8.98. The van der Waals surface area contributed by atoms with Crippen molar-refractivity contribution in [3.8, 4) is 27.1 Å². The molecule has 2 aromatic heterocycles. The number of hydrogen-bond donors (Lipinski definition) is 0. The van der Waals surface area contributed by atoms with Gasteiger partial charge in [-0.2, -0.15) is 5.26 Å². The lowest BCUT2D eigenvalue weighted by Crippen LogP contribution is -2.40. The van der Waals surface area contributed by atoms with Gasteiger partial charge in [0.25, 0.3) is 5.56 Å². The average Bonchev–Trinajstić information content (AvgIpc) is 3.61. The molecular weight excluding hydrogens is 556 g/mol. The number of ketones is 1. The summed E-state index contributed by atoms with van der Waals surface area (Å²) in [5.74, 6) is 0.239. The standard InChI is InChI=1S/C31H34N4O4S2/c1-34-14-4-7-25(30(34)37)29-33-27(24-6-3-2-5-23(24)26(36)19-31(20-32)12-13-31)28(40-29)21-8-10-22(11-9-21)35-15-17-41(38,39)18-16-35/h4,7-11,14,23-24H,2-3,5-6,12-13,15-19H2,1H3/t23-,24-/m1/s1. The highest BCUT2D eigenvalue weighted by Gasteiger charge is 2.47. The van der Waals surface area contributed by atoms with E-state index in [1.807, 2.05) is 30.3 Å². The second kappa shape index (κ2) is 10.8. The van der Waals surface area contributed by atoms with Crippen LogP contribution >= 0.6 is 11.3 Å². The van der Waals surface area contributed by atoms with Crippen LogP contribution in [0, 0.1) is 22.7 Å². The van der Waals surface area contributed by atoms with Crippen molar-refractivity contribution < 1.29 is 13.2 Å². The van der Waals surface area contributed by atoms with E-state index >= 15 is 0 Å². The van der Waals surface area contributed by atoms with Crippen molar-refractivity contribution in [3.63, 3.8) is 0 Å². The van der Waals surface area contributed by atoms with Crippen LogP contribution in [0.2, 0.25) is 0 Å². The highest BCUT2D eigenvalue weighted by Crippen LogP contribution is 2.51. The molecule has 3 aliphatic rings. The molecule has 1 aliphatic heterocycles. The number of nitrogens with zero attached hydrogens (tertiary/aromatic N) is 4. The maximum absolute atomic E-state index is 13.6. The molecule has 214 valence electrons. The van der Waals surface area contributed by atoms with Crippen LogP contribution in [-0.2, 0) is 21.7 Å². The summed E-state index contributed by atoms with van der Waals surface area (Å²) < 4.78 is 25.3. The summed E-state index contributed by atoms with van der Waals surface area (Å²) in [6.45, 7) is 0.954. The summed E-state index contributed by atoms with van der Waals surface area (Å²) in [5.41, 5.74) is 2.76. The number of sulfone groups is 1. The van der Waals surface area contributed by atoms with Gasteiger partial charge in [-0.15, -0.1) is 11.3 Å². The molecule has 0 unspecified atom stereocenters. The molecule has 8 nitrogen and oxygen atoms in total. The zero-order chi connectivity index (χ0) is 28.8. The monoisotopic (exact) mass is 590 g/mol. The second-order valence-electron chi connectivity index (χ2n) is 11.8. The number of aromatic nitrogens is 2. The van der Waals surface area contributed by atoms with Gasteiger partial charge in [0, 0.05) is 50.3 Å². The van der Waals surface area contributed by atoms with Crippen LogP contribution in [0.15, 0.2) is 47.4 Å². The number of carbonyl (C=O) groups is 1. The predicted octanol–water partition coefficient (Wildman–Crippen LogP) is 4.95. The molecular formula is C31H34N4O4S2. The van der Waals surface area contributed by atoms with Gasteiger partial charge in [-0.05, 0) is 55.5 Å². The van der Waals surface area contributed by atoms with Gasteiger partial charge in [0.15, 0.2) is 9.84 Å². The number of rotatable bonds is 7. The molecule has 3 aromatic rings. The molecule has 0 bridgehead atoms. The molecule has 3 heterocycles. The van der Waals surface area contributed by atoms with E-state index in [0.717, 1.165) is 60.3 Å². The Kier molecular flexibility index (Phi) is 7.37. The Morgan fingerprint density at radius 2 is 1.83 bits per heavy atom. The highest BCUT2D eigenvalue weighted by molar-refractivity contribution is 7.91. The summed E-state index contributed by atoms with van der Waals surface area (Å²) in [4.78, 5) is 34.8. The average molecular weight is 591 g/mol. The van der Waals surface area contributed by atoms with Crippen LogP contribution in [0.25, 0.3) is 21.0 Å². The molecule has 41 heavy (non-hydrogen) atoms. The smallest absolute Gasteiger partial charge is 0.260 e. The SMILES string of the molecule is Cn1cccc(-c2nc([C@@H]3CCCC[C@H]3C(=O)CC3(C#N)CC3)c(-c3ccc(N4CCS(=O)(=O)CC4)cc3)s2)c1=O. The largest absolute Gasteiger partial charge is 0.369 e. The van der Waals surface area contributed by atoms with Gasteiger partial charge in [-0.3, -0.25) is 9.59 Å². The fourth-order valence-corrected chi connectivity index (χ4v) is 8.61. The zero-order valence-electron chi connectivity index (χ0n) is 23.2. The Labute approximate surface area is 244 Å². The quantitative estimate of drug-likeness (QED) is 0.383. The van der Waals surface area contributed by atoms with Crippen LogP contribution in [-0.4, -0.2) is 48.3 Å². The third-order valence-corrected chi connectivity index (χ3v) is 11.7. The van der Waals surface area contributed by atoms with Crippen molar-refractivity contribution in [1.29, 1.82) is 5.26 Å². The topological polar surface area (TPSA) is 113 Å². The summed E-state index contributed by atoms with van der Waals surface area (Å²) in [6, 6.07) is 14.1. The van der Waals surface area contributed by atoms with E-state index in [1.54, 1.807) is 23.9 Å². The van der Waals surface area contributed by atoms with Crippen molar-refractivity contribution in [3.05, 3.63) is 58.6 Å². The van der Waals surface area contributed by atoms with E-state index in [9.17, 15) is 23.3 Å². The molecule has 6 rings (SSSR count). The second-order valence-corrected chi connectivity index (χ2v) is 15.1. The molecule has 0 N–H and O–H groups in total. The first-order chi connectivity index (χ1) is 19.7. The molecule has 10 heteroatoms. The minimum Gasteiger partial charge on any atom is -0.369 e. The molecule has 1 saturated heterocycles. The van der Waals surface area contributed by atoms with Gasteiger partial charge < -0.3 is 9.47 Å². The predicted molar refractivity (Wildman–Crippen MR) is 161 cm³/mol. The maximum Gasteiger partial charge on any atom is 0.260 e. The Hall–Kier alpha value is -3.29. The van der Waals surface area contributed by atoms with Crippen LogP contribution in [0.3, 0.4) is 0 Å². The Bertz CT molecular complexity index is 1670. The molecule has 2 atom stereocenters. The van der Waals surface area contributed by atoms with Crippen LogP contribution in [0.1, 0.15) is 56.6 Å². The fourth-order valence-electron chi connectivity index (χ4n) is 6.25. The maximum atomic E-state index is 13.6. The Morgan fingerprint density at radius 1 is 1.12 bits per heavy atom. The lowest BCUT2D eigenvalue weighted by atomic mass is 9.73. The lowest BCUT2D eigenvalue weighted by molar-refractivity contribution is -0.125. The minimum atomic E-state index is -2.97. The summed E-state index contributed by atoms with van der Waals surface area (Å²) in [6.07, 6.45) is 7.27. The Balaban J connectivity index is 1.38. The van der Waals surface area contributed by atoms with E-state index in [2.05, 4.69) is 11.0 Å². The third kappa shape index (κ3) is 5.62. The van der Waals surface area contributed by atoms with Crippen molar-refractivity contribution in [2.24, 2.45) is 18.4 Å². The van der Waals surface area contributed by atoms with E-state index in [-0.39, 0.29) is 34.7 Å². The number of anilines is 1. The molecule has 1 aromatic carbocycles. The molecule has 0 radical (unpaired) electrons. The number of aryl methyl sites for hydroxylation is 1. The van der Waals surface area contributed by atoms with Crippen molar-refractivity contribution in [1.82, 2.24) is 9.55 Å². The van der Waals surface area contributed by atoms with Crippen molar-refractivity contribution in [2.75, 3.05) is 29.5 Å². The molecule has 2 aliphatic carbocycles. The number of nitriles is 1. The van der Waals surface area contributed by atoms with Gasteiger partial charge in [0.1, 0.15) is 10.8 Å². The first-order valence-corrected chi connectivity index (χ1v) is 17.0. The zero-order valence-corrected chi connectivity index (χ0v) is 24.8. The van der Waals surface area contributed by atoms with E-state index < -0.39 is 15.3 Å². The van der Waals surface area contributed by atoms with Crippen LogP contribution in [0.5, 0.6) is 0 Å². The number of carbonyl (C=O) groups excluding carboxylic acids is 1. The van der Waals surface area contributed by atoms with E-state index in [1.165, 1.54) is 11.3 Å². The van der Waals surface area contributed by atoms with Gasteiger partial charge >= 0.3 is 0 Å². The van der Waals surface area contributed by atoms with Crippen LogP contribution < -0.4 is 10.5 Å². The number of pyridine rings is 1. The first kappa shape index (κ1) is 27.9. The van der Waals surface area contributed by atoms with Gasteiger partial charge in [-0.1, -0.05) is 25.0 Å². The number of Topliss-reactive ketones (excluding diaryl/α,β-unsaturated/α-hetero) is 1. The van der Waals surface area contributed by atoms with Gasteiger partial charge in [0.2, 0.25) is 0 Å². The summed E-state index contributed by atoms with van der Waals surface area (Å²) in [5, 5.41) is 10.3. The normalized spacial score (nSPS) is 23.1. The number of thiazole rings is 1. The number of hydrogen-bond acceptors (Lipinski definition) is 8. The molecule has 3 fully saturated rings. The van der Waals surface area contributed by atoms with E-state index in [0.29, 0.717) is 30.1 Å². The lowest BCUT2D eigenvalue weighted by Gasteiger charge is -2.31. The van der Waals surface area contributed by atoms with Crippen molar-refractivity contribution in [2.45, 2.75) is 50.9 Å². The minimum absolute atomic E-state index is 0.0646. The first-order valence-electron chi connectivity index (χ1n) is 14.4. The Morgan fingerprint density at radius 3 is 2.51 bits per heavy atom. The van der Waals surface area contributed by atoms with Gasteiger partial charge in [0.05, 0.1) is 39.1 Å². The van der Waals surface area contributed by atoms with E-state index in [4.69, 9.17) is 4.98 Å². The van der Waals surface area contributed by atoms with Gasteiger partial charge in [-0.25, -0.2) is 13.4 Å². The molecule has 2 saturated carbocycles. The fraction of sp³-hybridized carbons (Fsp3) is 0.484. The summed E-state index contributed by atoms with van der Waals surface area (Å²) >= 11 is 1.49.